The van der Waals surface area contributed by atoms with E-state index in [1.165, 1.54) is 0 Å². The second-order valence-corrected chi connectivity index (χ2v) is 4.94. The highest BCUT2D eigenvalue weighted by Gasteiger charge is 2.18. The van der Waals surface area contributed by atoms with Gasteiger partial charge >= 0.3 is 5.97 Å². The van der Waals surface area contributed by atoms with Crippen molar-refractivity contribution in [1.29, 1.82) is 0 Å². The Balaban J connectivity index is 2.71. The highest BCUT2D eigenvalue weighted by molar-refractivity contribution is 9.10. The minimum absolute atomic E-state index is 0.320. The molecule has 4 nitrogen and oxygen atoms in total. The van der Waals surface area contributed by atoms with Gasteiger partial charge < -0.3 is 10.4 Å². The van der Waals surface area contributed by atoms with Gasteiger partial charge in [-0.2, -0.15) is 0 Å². The smallest absolute Gasteiger partial charge is 0.326 e. The van der Waals surface area contributed by atoms with Crippen molar-refractivity contribution in [2.24, 2.45) is 5.92 Å². The van der Waals surface area contributed by atoms with Crippen LogP contribution >= 0.6 is 15.9 Å². The van der Waals surface area contributed by atoms with Crippen molar-refractivity contribution in [2.75, 3.05) is 5.32 Å². The second-order valence-electron chi connectivity index (χ2n) is 4.02. The molecule has 0 aromatic carbocycles. The Morgan fingerprint density at radius 3 is 2.81 bits per heavy atom. The summed E-state index contributed by atoms with van der Waals surface area (Å²) in [7, 11) is 0. The molecule has 16 heavy (non-hydrogen) atoms. The Morgan fingerprint density at radius 1 is 1.62 bits per heavy atom. The van der Waals surface area contributed by atoms with Crippen LogP contribution in [0, 0.1) is 5.92 Å². The fraction of sp³-hybridized carbons (Fsp3) is 0.455. The fourth-order valence-electron chi connectivity index (χ4n) is 1.36. The number of anilines is 1. The van der Waals surface area contributed by atoms with Crippen molar-refractivity contribution in [1.82, 2.24) is 4.98 Å². The summed E-state index contributed by atoms with van der Waals surface area (Å²) in [4.78, 5) is 15.1. The molecule has 0 spiro atoms. The van der Waals surface area contributed by atoms with Gasteiger partial charge in [0.05, 0.1) is 0 Å². The lowest BCUT2D eigenvalue weighted by molar-refractivity contribution is -0.138. The molecule has 0 aliphatic carbocycles. The SMILES string of the molecule is CC(C)C[C@H](Nc1cc(Br)ccn1)C(=O)O. The van der Waals surface area contributed by atoms with Gasteiger partial charge in [-0.3, -0.25) is 0 Å². The lowest BCUT2D eigenvalue weighted by atomic mass is 10.0. The molecule has 0 aliphatic heterocycles. The van der Waals surface area contributed by atoms with Gasteiger partial charge in [0.15, 0.2) is 0 Å². The van der Waals surface area contributed by atoms with Gasteiger partial charge in [0.25, 0.3) is 0 Å². The van der Waals surface area contributed by atoms with Crippen LogP contribution in [0.4, 0.5) is 5.82 Å². The van der Waals surface area contributed by atoms with Gasteiger partial charge in [-0.15, -0.1) is 0 Å². The van der Waals surface area contributed by atoms with Crippen molar-refractivity contribution >= 4 is 27.7 Å². The van der Waals surface area contributed by atoms with Crippen LogP contribution in [0.2, 0.25) is 0 Å². The van der Waals surface area contributed by atoms with Crippen molar-refractivity contribution in [3.05, 3.63) is 22.8 Å². The monoisotopic (exact) mass is 286 g/mol. The lowest BCUT2D eigenvalue weighted by Gasteiger charge is -2.16. The number of nitrogens with zero attached hydrogens (tertiary/aromatic N) is 1. The Bertz CT molecular complexity index is 369. The maximum Gasteiger partial charge on any atom is 0.326 e. The zero-order chi connectivity index (χ0) is 12.1. The van der Waals surface area contributed by atoms with E-state index in [1.54, 1.807) is 18.3 Å². The largest absolute Gasteiger partial charge is 0.480 e. The zero-order valence-corrected chi connectivity index (χ0v) is 10.9. The third-order valence-electron chi connectivity index (χ3n) is 2.05. The maximum atomic E-state index is 11.0. The number of nitrogens with one attached hydrogen (secondary N) is 1. The summed E-state index contributed by atoms with van der Waals surface area (Å²) in [6.07, 6.45) is 2.20. The van der Waals surface area contributed by atoms with E-state index in [-0.39, 0.29) is 0 Å². The molecule has 0 amide bonds. The van der Waals surface area contributed by atoms with Crippen LogP contribution < -0.4 is 5.32 Å². The quantitative estimate of drug-likeness (QED) is 0.874. The molecule has 2 N–H and O–H groups in total. The van der Waals surface area contributed by atoms with Crippen molar-refractivity contribution in [2.45, 2.75) is 26.3 Å². The van der Waals surface area contributed by atoms with Crippen LogP contribution in [0.5, 0.6) is 0 Å². The molecule has 0 saturated heterocycles. The van der Waals surface area contributed by atoms with E-state index in [1.807, 2.05) is 13.8 Å². The Morgan fingerprint density at radius 2 is 2.31 bits per heavy atom. The number of hydrogen-bond donors (Lipinski definition) is 2. The Kier molecular flexibility index (Phi) is 4.73. The first kappa shape index (κ1) is 13.0. The molecule has 0 unspecified atom stereocenters. The molecule has 1 rings (SSSR count). The normalized spacial score (nSPS) is 12.5. The molecule has 88 valence electrons. The summed E-state index contributed by atoms with van der Waals surface area (Å²) in [5.41, 5.74) is 0. The molecule has 1 aromatic heterocycles. The number of hydrogen-bond acceptors (Lipinski definition) is 3. The third kappa shape index (κ3) is 4.18. The van der Waals surface area contributed by atoms with Crippen LogP contribution in [0.3, 0.4) is 0 Å². The van der Waals surface area contributed by atoms with Crippen molar-refractivity contribution in [3.63, 3.8) is 0 Å². The van der Waals surface area contributed by atoms with Gasteiger partial charge in [0.1, 0.15) is 11.9 Å². The minimum Gasteiger partial charge on any atom is -0.480 e. The number of aliphatic carboxylic acids is 1. The molecule has 0 bridgehead atoms. The average molecular weight is 287 g/mol. The van der Waals surface area contributed by atoms with E-state index >= 15 is 0 Å². The molecule has 1 heterocycles. The van der Waals surface area contributed by atoms with E-state index < -0.39 is 12.0 Å². The molecule has 0 fully saturated rings. The number of carbonyl (C=O) groups is 1. The van der Waals surface area contributed by atoms with E-state index in [2.05, 4.69) is 26.2 Å². The van der Waals surface area contributed by atoms with E-state index in [0.717, 1.165) is 4.47 Å². The molecular formula is C11H15BrN2O2. The third-order valence-corrected chi connectivity index (χ3v) is 2.54. The molecule has 1 atom stereocenters. The highest BCUT2D eigenvalue weighted by atomic mass is 79.9. The molecule has 1 aromatic rings. The van der Waals surface area contributed by atoms with Crippen LogP contribution in [0.1, 0.15) is 20.3 Å². The molecule has 0 radical (unpaired) electrons. The van der Waals surface area contributed by atoms with Crippen molar-refractivity contribution in [3.8, 4) is 0 Å². The minimum atomic E-state index is -0.851. The van der Waals surface area contributed by atoms with E-state index in [4.69, 9.17) is 5.11 Å². The lowest BCUT2D eigenvalue weighted by Crippen LogP contribution is -2.31. The first-order valence-electron chi connectivity index (χ1n) is 5.10. The summed E-state index contributed by atoms with van der Waals surface area (Å²) in [5.74, 6) is 0.0404. The maximum absolute atomic E-state index is 11.0. The summed E-state index contributed by atoms with van der Waals surface area (Å²) < 4.78 is 0.874. The number of pyridine rings is 1. The van der Waals surface area contributed by atoms with E-state index in [9.17, 15) is 4.79 Å². The molecular weight excluding hydrogens is 272 g/mol. The molecule has 0 saturated carbocycles. The van der Waals surface area contributed by atoms with Crippen LogP contribution in [-0.2, 0) is 4.79 Å². The first-order valence-corrected chi connectivity index (χ1v) is 5.89. The van der Waals surface area contributed by atoms with Gasteiger partial charge in [-0.1, -0.05) is 29.8 Å². The Hall–Kier alpha value is -1.10. The number of halogens is 1. The average Bonchev–Trinajstić information content (AvgIpc) is 2.15. The predicted molar refractivity (Wildman–Crippen MR) is 66.4 cm³/mol. The summed E-state index contributed by atoms with van der Waals surface area (Å²) >= 11 is 3.31. The van der Waals surface area contributed by atoms with Crippen LogP contribution in [0.25, 0.3) is 0 Å². The standard InChI is InChI=1S/C11H15BrN2O2/c1-7(2)5-9(11(15)16)14-10-6-8(12)3-4-13-10/h3-4,6-7,9H,5H2,1-2H3,(H,13,14)(H,15,16)/t9-/m0/s1. The molecule has 5 heteroatoms. The molecule has 0 aliphatic rings. The van der Waals surface area contributed by atoms with Gasteiger partial charge in [0.2, 0.25) is 0 Å². The van der Waals surface area contributed by atoms with Gasteiger partial charge in [0, 0.05) is 10.7 Å². The van der Waals surface area contributed by atoms with Gasteiger partial charge in [-0.05, 0) is 24.5 Å². The number of carboxylic acids is 1. The van der Waals surface area contributed by atoms with Crippen LogP contribution in [-0.4, -0.2) is 22.1 Å². The second kappa shape index (κ2) is 5.84. The Labute approximate surface area is 103 Å². The van der Waals surface area contributed by atoms with Crippen molar-refractivity contribution < 1.29 is 9.90 Å². The van der Waals surface area contributed by atoms with Gasteiger partial charge in [-0.25, -0.2) is 9.78 Å². The zero-order valence-electron chi connectivity index (χ0n) is 9.27. The summed E-state index contributed by atoms with van der Waals surface area (Å²) in [6, 6.07) is 2.96. The van der Waals surface area contributed by atoms with Crippen LogP contribution in [0.15, 0.2) is 22.8 Å². The number of aromatic nitrogens is 1. The predicted octanol–water partition coefficient (Wildman–Crippen LogP) is 2.76. The summed E-state index contributed by atoms with van der Waals surface area (Å²) in [5, 5.41) is 12.0. The first-order chi connectivity index (χ1) is 7.49. The fourth-order valence-corrected chi connectivity index (χ4v) is 1.69. The number of carboxylic acid groups (broad SMARTS) is 1. The highest BCUT2D eigenvalue weighted by Crippen LogP contribution is 2.15. The summed E-state index contributed by atoms with van der Waals surface area (Å²) in [6.45, 7) is 3.98. The number of rotatable bonds is 5. The topological polar surface area (TPSA) is 62.2 Å². The van der Waals surface area contributed by atoms with E-state index in [0.29, 0.717) is 18.2 Å².